The number of esters is 1. The van der Waals surface area contributed by atoms with Gasteiger partial charge in [0.25, 0.3) is 0 Å². The van der Waals surface area contributed by atoms with Gasteiger partial charge in [-0.2, -0.15) is 0 Å². The summed E-state index contributed by atoms with van der Waals surface area (Å²) in [5.41, 5.74) is 2.02. The van der Waals surface area contributed by atoms with E-state index in [1.807, 2.05) is 40.3 Å². The Morgan fingerprint density at radius 3 is 2.67 bits per heavy atom. The number of ether oxygens (including phenoxy) is 1. The number of carbonyl (C=O) groups excluding carboxylic acids is 1. The molecule has 0 fully saturated rings. The topological polar surface area (TPSA) is 48.3 Å². The summed E-state index contributed by atoms with van der Waals surface area (Å²) in [6.07, 6.45) is 0. The van der Waals surface area contributed by atoms with Gasteiger partial charge in [0.1, 0.15) is 6.54 Å². The van der Waals surface area contributed by atoms with E-state index in [0.717, 1.165) is 10.4 Å². The van der Waals surface area contributed by atoms with Gasteiger partial charge < -0.3 is 9.30 Å². The van der Waals surface area contributed by atoms with Crippen LogP contribution in [-0.2, 0) is 16.1 Å². The summed E-state index contributed by atoms with van der Waals surface area (Å²) in [4.78, 5) is 26.4. The van der Waals surface area contributed by atoms with Crippen molar-refractivity contribution in [3.05, 3.63) is 69.2 Å². The summed E-state index contributed by atoms with van der Waals surface area (Å²) in [5, 5.41) is 3.59. The zero-order valence-corrected chi connectivity index (χ0v) is 16.1. The second kappa shape index (κ2) is 7.18. The van der Waals surface area contributed by atoms with Gasteiger partial charge in [0, 0.05) is 21.2 Å². The van der Waals surface area contributed by atoms with E-state index >= 15 is 0 Å². The summed E-state index contributed by atoms with van der Waals surface area (Å²) in [7, 11) is 0. The van der Waals surface area contributed by atoms with Gasteiger partial charge in [-0.05, 0) is 42.6 Å². The molecule has 2 aromatic carbocycles. The molecule has 4 rings (SSSR count). The van der Waals surface area contributed by atoms with Crippen LogP contribution in [0.15, 0.2) is 58.7 Å². The van der Waals surface area contributed by atoms with Crippen molar-refractivity contribution < 1.29 is 9.53 Å². The predicted molar refractivity (Wildman–Crippen MR) is 111 cm³/mol. The van der Waals surface area contributed by atoms with Crippen LogP contribution in [0.3, 0.4) is 0 Å². The van der Waals surface area contributed by atoms with Crippen LogP contribution in [0, 0.1) is 0 Å². The predicted octanol–water partition coefficient (Wildman–Crippen LogP) is 5.10. The lowest BCUT2D eigenvalue weighted by molar-refractivity contribution is -0.143. The number of thiophene rings is 1. The minimum Gasteiger partial charge on any atom is -0.465 e. The molecule has 6 heteroatoms. The Bertz CT molecular complexity index is 1210. The number of hydrogen-bond acceptors (Lipinski definition) is 4. The van der Waals surface area contributed by atoms with Crippen molar-refractivity contribution in [3.63, 3.8) is 0 Å². The van der Waals surface area contributed by atoms with Gasteiger partial charge in [-0.15, -0.1) is 11.3 Å². The third kappa shape index (κ3) is 3.03. The molecule has 27 heavy (non-hydrogen) atoms. The first kappa shape index (κ1) is 17.8. The summed E-state index contributed by atoms with van der Waals surface area (Å²) in [5.74, 6) is -0.357. The first-order valence-corrected chi connectivity index (χ1v) is 9.80. The maximum atomic E-state index is 13.1. The van der Waals surface area contributed by atoms with Gasteiger partial charge >= 0.3 is 5.97 Å². The molecule has 0 N–H and O–H groups in total. The lowest BCUT2D eigenvalue weighted by Crippen LogP contribution is -2.18. The van der Waals surface area contributed by atoms with E-state index in [1.54, 1.807) is 25.1 Å². The SMILES string of the molecule is CCOC(=O)Cn1c2ccccc2c(=O)c2ccc(Cl)c(-c3cccs3)c21. The standard InChI is InChI=1S/C21H16ClNO3S/c1-2-26-18(24)12-23-16-7-4-3-6-13(16)21(25)14-9-10-15(22)19(20(14)23)17-8-5-11-27-17/h3-11H,2,12H2,1H3. The lowest BCUT2D eigenvalue weighted by Gasteiger charge is -2.18. The van der Waals surface area contributed by atoms with Crippen LogP contribution in [0.4, 0.5) is 0 Å². The van der Waals surface area contributed by atoms with E-state index in [4.69, 9.17) is 16.3 Å². The molecule has 0 aliphatic heterocycles. The average Bonchev–Trinajstić information content (AvgIpc) is 3.19. The zero-order valence-electron chi connectivity index (χ0n) is 14.6. The molecule has 2 aromatic heterocycles. The van der Waals surface area contributed by atoms with Crippen molar-refractivity contribution in [2.24, 2.45) is 0 Å². The van der Waals surface area contributed by atoms with Crippen molar-refractivity contribution >= 4 is 50.7 Å². The molecule has 0 atom stereocenters. The molecule has 0 saturated carbocycles. The molecule has 0 aliphatic rings. The number of benzene rings is 2. The number of carbonyl (C=O) groups is 1. The monoisotopic (exact) mass is 397 g/mol. The number of para-hydroxylation sites is 1. The smallest absolute Gasteiger partial charge is 0.325 e. The van der Waals surface area contributed by atoms with Crippen molar-refractivity contribution in [2.75, 3.05) is 6.61 Å². The summed E-state index contributed by atoms with van der Waals surface area (Å²) in [6.45, 7) is 2.07. The molecular formula is C21H16ClNO3S. The lowest BCUT2D eigenvalue weighted by atomic mass is 10.0. The maximum absolute atomic E-state index is 13.1. The summed E-state index contributed by atoms with van der Waals surface area (Å²) < 4.78 is 7.00. The van der Waals surface area contributed by atoms with Gasteiger partial charge in [-0.1, -0.05) is 29.8 Å². The number of aromatic nitrogens is 1. The number of fused-ring (bicyclic) bond motifs is 2. The highest BCUT2D eigenvalue weighted by atomic mass is 35.5. The van der Waals surface area contributed by atoms with Crippen molar-refractivity contribution in [1.29, 1.82) is 0 Å². The molecule has 4 aromatic rings. The summed E-state index contributed by atoms with van der Waals surface area (Å²) >= 11 is 8.08. The number of halogens is 1. The number of nitrogens with zero attached hydrogens (tertiary/aromatic N) is 1. The highest BCUT2D eigenvalue weighted by Gasteiger charge is 2.19. The highest BCUT2D eigenvalue weighted by Crippen LogP contribution is 2.38. The molecule has 0 radical (unpaired) electrons. The van der Waals surface area contributed by atoms with E-state index in [1.165, 1.54) is 11.3 Å². The van der Waals surface area contributed by atoms with Crippen LogP contribution < -0.4 is 5.43 Å². The van der Waals surface area contributed by atoms with E-state index in [9.17, 15) is 9.59 Å². The van der Waals surface area contributed by atoms with E-state index in [0.29, 0.717) is 33.4 Å². The van der Waals surface area contributed by atoms with Crippen LogP contribution in [0.2, 0.25) is 5.02 Å². The van der Waals surface area contributed by atoms with E-state index in [-0.39, 0.29) is 17.9 Å². The molecule has 0 spiro atoms. The van der Waals surface area contributed by atoms with Crippen molar-refractivity contribution in [3.8, 4) is 10.4 Å². The Labute approximate surface area is 164 Å². The second-order valence-corrected chi connectivity index (χ2v) is 7.39. The highest BCUT2D eigenvalue weighted by molar-refractivity contribution is 7.13. The minimum absolute atomic E-state index is 0.00382. The van der Waals surface area contributed by atoms with Gasteiger partial charge in [0.2, 0.25) is 0 Å². The molecule has 0 unspecified atom stereocenters. The van der Waals surface area contributed by atoms with Gasteiger partial charge in [0.15, 0.2) is 5.43 Å². The van der Waals surface area contributed by atoms with Crippen molar-refractivity contribution in [2.45, 2.75) is 13.5 Å². The number of hydrogen-bond donors (Lipinski definition) is 0. The zero-order chi connectivity index (χ0) is 19.0. The summed E-state index contributed by atoms with van der Waals surface area (Å²) in [6, 6.07) is 14.6. The minimum atomic E-state index is -0.357. The third-order valence-corrected chi connectivity index (χ3v) is 5.64. The van der Waals surface area contributed by atoms with E-state index in [2.05, 4.69) is 0 Å². The fraction of sp³-hybridized carbons (Fsp3) is 0.143. The molecule has 0 saturated heterocycles. The molecule has 0 aliphatic carbocycles. The van der Waals surface area contributed by atoms with Crippen LogP contribution >= 0.6 is 22.9 Å². The van der Waals surface area contributed by atoms with Crippen molar-refractivity contribution in [1.82, 2.24) is 4.57 Å². The molecule has 2 heterocycles. The van der Waals surface area contributed by atoms with Gasteiger partial charge in [-0.3, -0.25) is 9.59 Å². The fourth-order valence-electron chi connectivity index (χ4n) is 3.35. The third-order valence-electron chi connectivity index (χ3n) is 4.44. The van der Waals surface area contributed by atoms with Crippen LogP contribution in [0.25, 0.3) is 32.2 Å². The number of pyridine rings is 1. The first-order chi connectivity index (χ1) is 13.1. The fourth-order valence-corrected chi connectivity index (χ4v) is 4.45. The largest absolute Gasteiger partial charge is 0.465 e. The normalized spacial score (nSPS) is 11.2. The Morgan fingerprint density at radius 1 is 1.11 bits per heavy atom. The molecule has 0 amide bonds. The molecule has 136 valence electrons. The second-order valence-electron chi connectivity index (χ2n) is 6.03. The molecule has 4 nitrogen and oxygen atoms in total. The van der Waals surface area contributed by atoms with Gasteiger partial charge in [-0.25, -0.2) is 0 Å². The van der Waals surface area contributed by atoms with Crippen LogP contribution in [0.1, 0.15) is 6.92 Å². The van der Waals surface area contributed by atoms with Gasteiger partial charge in [0.05, 0.1) is 22.7 Å². The van der Waals surface area contributed by atoms with E-state index < -0.39 is 0 Å². The quantitative estimate of drug-likeness (QED) is 0.355. The average molecular weight is 398 g/mol. The van der Waals surface area contributed by atoms with Crippen LogP contribution in [-0.4, -0.2) is 17.1 Å². The molecule has 0 bridgehead atoms. The first-order valence-electron chi connectivity index (χ1n) is 8.55. The maximum Gasteiger partial charge on any atom is 0.325 e. The Balaban J connectivity index is 2.18. The Hall–Kier alpha value is -2.63. The molecular weight excluding hydrogens is 382 g/mol. The Morgan fingerprint density at radius 2 is 1.93 bits per heavy atom. The van der Waals surface area contributed by atoms with Crippen LogP contribution in [0.5, 0.6) is 0 Å². The number of rotatable bonds is 4. The Kier molecular flexibility index (Phi) is 4.72.